The molecule has 2 aromatic carbocycles. The average Bonchev–Trinajstić information content (AvgIpc) is 3.20. The highest BCUT2D eigenvalue weighted by molar-refractivity contribution is 5.80. The lowest BCUT2D eigenvalue weighted by Gasteiger charge is -2.37. The zero-order valence-corrected chi connectivity index (χ0v) is 19.5. The van der Waals surface area contributed by atoms with Gasteiger partial charge in [-0.3, -0.25) is 10.1 Å². The fraction of sp³-hybridized carbons (Fsp3) is 0.370. The van der Waals surface area contributed by atoms with Crippen LogP contribution in [0.5, 0.6) is 0 Å². The van der Waals surface area contributed by atoms with Crippen LogP contribution in [0.1, 0.15) is 48.1 Å². The van der Waals surface area contributed by atoms with Gasteiger partial charge >= 0.3 is 6.18 Å². The summed E-state index contributed by atoms with van der Waals surface area (Å²) in [6.45, 7) is 11.8. The summed E-state index contributed by atoms with van der Waals surface area (Å²) in [7, 11) is 0. The number of halogens is 3. The maximum absolute atomic E-state index is 13.3. The van der Waals surface area contributed by atoms with Crippen molar-refractivity contribution in [3.8, 4) is 0 Å². The Kier molecular flexibility index (Phi) is 7.68. The molecule has 2 aromatic rings. The average molecular weight is 473 g/mol. The molecule has 2 N–H and O–H groups in total. The minimum absolute atomic E-state index is 0.0320. The molecular formula is C27H31F3N2O2. The van der Waals surface area contributed by atoms with E-state index in [1.165, 1.54) is 0 Å². The second-order valence-electron chi connectivity index (χ2n) is 8.89. The summed E-state index contributed by atoms with van der Waals surface area (Å²) in [6.07, 6.45) is -0.515. The molecule has 182 valence electrons. The van der Waals surface area contributed by atoms with Gasteiger partial charge in [-0.2, -0.15) is 13.2 Å². The molecule has 1 amide bonds. The van der Waals surface area contributed by atoms with E-state index in [4.69, 9.17) is 4.74 Å². The highest BCUT2D eigenvalue weighted by Gasteiger charge is 2.39. The van der Waals surface area contributed by atoms with Gasteiger partial charge in [0, 0.05) is 13.0 Å². The number of rotatable bonds is 10. The summed E-state index contributed by atoms with van der Waals surface area (Å²) >= 11 is 0. The van der Waals surface area contributed by atoms with Crippen LogP contribution in [0.4, 0.5) is 13.2 Å². The summed E-state index contributed by atoms with van der Waals surface area (Å²) in [5.74, 6) is -0.0320. The lowest BCUT2D eigenvalue weighted by molar-refractivity contribution is -0.137. The molecule has 0 unspecified atom stereocenters. The molecule has 0 radical (unpaired) electrons. The molecule has 3 rings (SSSR count). The van der Waals surface area contributed by atoms with Crippen molar-refractivity contribution in [2.24, 2.45) is 0 Å². The Balaban J connectivity index is 1.85. The van der Waals surface area contributed by atoms with E-state index in [9.17, 15) is 18.0 Å². The Hall–Kier alpha value is -2.90. The van der Waals surface area contributed by atoms with Crippen LogP contribution < -0.4 is 10.6 Å². The third-order valence-electron chi connectivity index (χ3n) is 6.39. The summed E-state index contributed by atoms with van der Waals surface area (Å²) in [5, 5.41) is 6.48. The molecule has 1 aliphatic rings. The Morgan fingerprint density at radius 2 is 1.88 bits per heavy atom. The quantitative estimate of drug-likeness (QED) is 0.443. The molecule has 0 bridgehead atoms. The van der Waals surface area contributed by atoms with Crippen LogP contribution >= 0.6 is 0 Å². The number of carbonyl (C=O) groups excluding carboxylic acids is 1. The smallest absolute Gasteiger partial charge is 0.371 e. The monoisotopic (exact) mass is 472 g/mol. The normalized spacial score (nSPS) is 20.9. The van der Waals surface area contributed by atoms with Gasteiger partial charge in [-0.25, -0.2) is 0 Å². The zero-order chi connectivity index (χ0) is 25.0. The number of benzene rings is 2. The molecule has 34 heavy (non-hydrogen) atoms. The van der Waals surface area contributed by atoms with E-state index in [1.807, 2.05) is 30.3 Å². The number of hydrogen-bond donors (Lipinski definition) is 2. The molecule has 4 nitrogen and oxygen atoms in total. The number of nitrogens with one attached hydrogen (secondary N) is 2. The van der Waals surface area contributed by atoms with Gasteiger partial charge < -0.3 is 10.1 Å². The molecule has 1 saturated heterocycles. The fourth-order valence-corrected chi connectivity index (χ4v) is 4.20. The molecule has 1 fully saturated rings. The van der Waals surface area contributed by atoms with Gasteiger partial charge in [0.25, 0.3) is 0 Å². The Labute approximate surface area is 198 Å². The topological polar surface area (TPSA) is 50.4 Å². The first-order valence-corrected chi connectivity index (χ1v) is 11.2. The first-order chi connectivity index (χ1) is 16.0. The largest absolute Gasteiger partial charge is 0.416 e. The van der Waals surface area contributed by atoms with Crippen molar-refractivity contribution in [1.82, 2.24) is 10.6 Å². The number of alkyl halides is 3. The predicted molar refractivity (Wildman–Crippen MR) is 127 cm³/mol. The van der Waals surface area contributed by atoms with Crippen molar-refractivity contribution < 1.29 is 22.7 Å². The number of amides is 1. The van der Waals surface area contributed by atoms with E-state index in [0.717, 1.165) is 17.7 Å². The van der Waals surface area contributed by atoms with E-state index < -0.39 is 28.9 Å². The zero-order valence-electron chi connectivity index (χ0n) is 19.5. The Bertz CT molecular complexity index is 1040. The molecule has 1 aliphatic heterocycles. The van der Waals surface area contributed by atoms with Crippen LogP contribution in [-0.4, -0.2) is 24.6 Å². The van der Waals surface area contributed by atoms with Gasteiger partial charge in [0.2, 0.25) is 5.91 Å². The maximum Gasteiger partial charge on any atom is 0.416 e. The van der Waals surface area contributed by atoms with Crippen LogP contribution in [0.2, 0.25) is 0 Å². The standard InChI is InChI=1S/C27H31F3N2O2/c1-5-25(13-12-24(33)32-25)17-31-26(6-2,22-10-8-7-9-11-22)18-34-20(4)21-14-19(3)15-23(16-21)27(28,29)30/h5-11,14-16,20,31H,1-2,12-13,17-18H2,3-4H3,(H,32,33)/t20-,25+,26-/m1/s1. The van der Waals surface area contributed by atoms with E-state index >= 15 is 0 Å². The molecule has 0 aromatic heterocycles. The molecule has 0 saturated carbocycles. The van der Waals surface area contributed by atoms with E-state index in [0.29, 0.717) is 30.5 Å². The summed E-state index contributed by atoms with van der Waals surface area (Å²) in [6, 6.07) is 13.5. The molecule has 7 heteroatoms. The maximum atomic E-state index is 13.3. The lowest BCUT2D eigenvalue weighted by Crippen LogP contribution is -2.55. The van der Waals surface area contributed by atoms with Crippen LogP contribution in [-0.2, 0) is 21.2 Å². The highest BCUT2D eigenvalue weighted by atomic mass is 19.4. The van der Waals surface area contributed by atoms with Gasteiger partial charge in [-0.05, 0) is 43.5 Å². The molecule has 3 atom stereocenters. The van der Waals surface area contributed by atoms with Crippen molar-refractivity contribution in [3.05, 3.63) is 96.1 Å². The molecular weight excluding hydrogens is 441 g/mol. The predicted octanol–water partition coefficient (Wildman–Crippen LogP) is 5.60. The van der Waals surface area contributed by atoms with E-state index in [2.05, 4.69) is 23.8 Å². The number of hydrogen-bond acceptors (Lipinski definition) is 3. The minimum atomic E-state index is -4.43. The summed E-state index contributed by atoms with van der Waals surface area (Å²) in [4.78, 5) is 11.9. The highest BCUT2D eigenvalue weighted by Crippen LogP contribution is 2.34. The van der Waals surface area contributed by atoms with Crippen molar-refractivity contribution >= 4 is 5.91 Å². The van der Waals surface area contributed by atoms with Gasteiger partial charge in [-0.15, -0.1) is 13.2 Å². The third-order valence-corrected chi connectivity index (χ3v) is 6.39. The molecule has 1 heterocycles. The Morgan fingerprint density at radius 1 is 1.18 bits per heavy atom. The Morgan fingerprint density at radius 3 is 2.44 bits per heavy atom. The second-order valence-corrected chi connectivity index (χ2v) is 8.89. The van der Waals surface area contributed by atoms with Gasteiger partial charge in [0.1, 0.15) is 0 Å². The van der Waals surface area contributed by atoms with Crippen LogP contribution in [0.15, 0.2) is 73.8 Å². The van der Waals surface area contributed by atoms with Crippen molar-refractivity contribution in [1.29, 1.82) is 0 Å². The first-order valence-electron chi connectivity index (χ1n) is 11.2. The fourth-order valence-electron chi connectivity index (χ4n) is 4.20. The summed E-state index contributed by atoms with van der Waals surface area (Å²) in [5.41, 5.74) is -0.273. The molecule has 0 aliphatic carbocycles. The van der Waals surface area contributed by atoms with Crippen LogP contribution in [0.3, 0.4) is 0 Å². The summed E-state index contributed by atoms with van der Waals surface area (Å²) < 4.78 is 46.1. The SMILES string of the molecule is C=C[C@@]1(CN[C@](C=C)(CO[C@H](C)c2cc(C)cc(C(F)(F)F)c2)c2ccccc2)CCC(=O)N1. The number of carbonyl (C=O) groups is 1. The van der Waals surface area contributed by atoms with Crippen molar-refractivity contribution in [2.45, 2.75) is 50.0 Å². The van der Waals surface area contributed by atoms with Crippen molar-refractivity contribution in [2.75, 3.05) is 13.2 Å². The van der Waals surface area contributed by atoms with Gasteiger partial charge in [0.15, 0.2) is 0 Å². The van der Waals surface area contributed by atoms with E-state index in [1.54, 1.807) is 32.1 Å². The van der Waals surface area contributed by atoms with E-state index in [-0.39, 0.29) is 12.5 Å². The number of aryl methyl sites for hydroxylation is 1. The van der Waals surface area contributed by atoms with Crippen LogP contribution in [0, 0.1) is 6.92 Å². The minimum Gasteiger partial charge on any atom is -0.371 e. The lowest BCUT2D eigenvalue weighted by atomic mass is 9.88. The van der Waals surface area contributed by atoms with Crippen LogP contribution in [0.25, 0.3) is 0 Å². The second kappa shape index (κ2) is 10.2. The van der Waals surface area contributed by atoms with Crippen molar-refractivity contribution in [3.63, 3.8) is 0 Å². The first kappa shape index (κ1) is 25.7. The number of ether oxygens (including phenoxy) is 1. The van der Waals surface area contributed by atoms with Gasteiger partial charge in [-0.1, -0.05) is 54.1 Å². The molecule has 0 spiro atoms. The third kappa shape index (κ3) is 5.77. The van der Waals surface area contributed by atoms with Gasteiger partial charge in [0.05, 0.1) is 29.4 Å².